The molecule has 178 valence electrons. The summed E-state index contributed by atoms with van der Waals surface area (Å²) in [7, 11) is 5.75. The zero-order valence-corrected chi connectivity index (χ0v) is 20.6. The van der Waals surface area contributed by atoms with Crippen molar-refractivity contribution in [1.82, 2.24) is 15.1 Å². The number of H-pyrrole nitrogens is 1. The van der Waals surface area contributed by atoms with Crippen LogP contribution in [0.1, 0.15) is 27.9 Å². The van der Waals surface area contributed by atoms with Gasteiger partial charge in [-0.3, -0.25) is 9.89 Å². The van der Waals surface area contributed by atoms with Gasteiger partial charge < -0.3 is 15.0 Å². The highest BCUT2D eigenvalue weighted by molar-refractivity contribution is 6.35. The monoisotopic (exact) mass is 486 g/mol. The largest absolute Gasteiger partial charge is 0.497 e. The van der Waals surface area contributed by atoms with E-state index in [2.05, 4.69) is 64.9 Å². The average molecular weight is 487 g/mol. The van der Waals surface area contributed by atoms with Crippen molar-refractivity contribution in [2.75, 3.05) is 26.5 Å². The molecule has 35 heavy (non-hydrogen) atoms. The van der Waals surface area contributed by atoms with Crippen LogP contribution >= 0.6 is 12.4 Å². The van der Waals surface area contributed by atoms with E-state index in [-0.39, 0.29) is 18.3 Å². The second kappa shape index (κ2) is 10.2. The van der Waals surface area contributed by atoms with E-state index in [0.717, 1.165) is 45.5 Å². The SMILES string of the molecule is COc1ccc2c(c1)C(=Cc1ccc3c(C=Cc4ccc(CN(C)C)cc4)n[nH]c3c1)C(=O)N2.Cl. The van der Waals surface area contributed by atoms with Gasteiger partial charge in [-0.15, -0.1) is 12.4 Å². The molecule has 7 heteroatoms. The molecule has 1 aliphatic heterocycles. The van der Waals surface area contributed by atoms with E-state index in [0.29, 0.717) is 11.3 Å². The zero-order valence-electron chi connectivity index (χ0n) is 19.8. The number of carbonyl (C=O) groups excluding carboxylic acids is 1. The fraction of sp³-hybridized carbons (Fsp3) is 0.143. The normalized spacial score (nSPS) is 13.9. The number of nitrogens with zero attached hydrogens (tertiary/aromatic N) is 2. The van der Waals surface area contributed by atoms with Crippen molar-refractivity contribution >= 4 is 58.7 Å². The van der Waals surface area contributed by atoms with Gasteiger partial charge in [-0.1, -0.05) is 36.4 Å². The lowest BCUT2D eigenvalue weighted by Crippen LogP contribution is -2.10. The highest BCUT2D eigenvalue weighted by Crippen LogP contribution is 2.36. The third kappa shape index (κ3) is 5.14. The molecular weight excluding hydrogens is 460 g/mol. The zero-order chi connectivity index (χ0) is 23.7. The number of aromatic nitrogens is 2. The summed E-state index contributed by atoms with van der Waals surface area (Å²) >= 11 is 0. The maximum atomic E-state index is 12.5. The van der Waals surface area contributed by atoms with Gasteiger partial charge in [-0.25, -0.2) is 0 Å². The number of hydrogen-bond donors (Lipinski definition) is 2. The summed E-state index contributed by atoms with van der Waals surface area (Å²) in [5.41, 5.74) is 7.37. The first kappa shape index (κ1) is 24.3. The van der Waals surface area contributed by atoms with Crippen LogP contribution in [0.25, 0.3) is 34.7 Å². The van der Waals surface area contributed by atoms with Crippen molar-refractivity contribution in [2.45, 2.75) is 6.54 Å². The molecule has 1 amide bonds. The van der Waals surface area contributed by atoms with E-state index in [9.17, 15) is 4.79 Å². The standard InChI is InChI=1S/C28H26N4O2.ClH/c1-32(2)17-19-6-4-18(5-7-19)9-12-26-22-11-8-20(15-27(22)31-30-26)14-24-23-16-21(34-3)10-13-25(23)29-28(24)33;/h4-16H,17H2,1-3H3,(H,29,33)(H,30,31);1H. The van der Waals surface area contributed by atoms with Gasteiger partial charge in [0.25, 0.3) is 5.91 Å². The molecule has 2 N–H and O–H groups in total. The van der Waals surface area contributed by atoms with Crippen molar-refractivity contribution in [1.29, 1.82) is 0 Å². The summed E-state index contributed by atoms with van der Waals surface area (Å²) < 4.78 is 5.32. The van der Waals surface area contributed by atoms with Gasteiger partial charge in [0.05, 0.1) is 18.3 Å². The lowest BCUT2D eigenvalue weighted by atomic mass is 10.0. The maximum absolute atomic E-state index is 12.5. The van der Waals surface area contributed by atoms with Crippen LogP contribution in [0, 0.1) is 0 Å². The number of anilines is 1. The average Bonchev–Trinajstić information content (AvgIpc) is 3.38. The molecule has 0 bridgehead atoms. The molecule has 0 unspecified atom stereocenters. The van der Waals surface area contributed by atoms with Gasteiger partial charge >= 0.3 is 0 Å². The summed E-state index contributed by atoms with van der Waals surface area (Å²) in [6, 6.07) is 20.2. The van der Waals surface area contributed by atoms with Gasteiger partial charge in [0.15, 0.2) is 0 Å². The van der Waals surface area contributed by atoms with Crippen molar-refractivity contribution in [3.05, 3.63) is 88.6 Å². The number of amides is 1. The molecule has 0 aliphatic carbocycles. The van der Waals surface area contributed by atoms with Crippen LogP contribution in [0.3, 0.4) is 0 Å². The van der Waals surface area contributed by atoms with Crippen LogP contribution in [0.2, 0.25) is 0 Å². The molecule has 0 atom stereocenters. The molecular formula is C28H27ClN4O2. The lowest BCUT2D eigenvalue weighted by molar-refractivity contribution is -0.110. The predicted octanol–water partition coefficient (Wildman–Crippen LogP) is 5.72. The molecule has 1 aliphatic rings. The van der Waals surface area contributed by atoms with Crippen molar-refractivity contribution in [3.8, 4) is 5.75 Å². The third-order valence-corrected chi connectivity index (χ3v) is 5.85. The Kier molecular flexibility index (Phi) is 7.05. The van der Waals surface area contributed by atoms with Crippen LogP contribution in [0.4, 0.5) is 5.69 Å². The van der Waals surface area contributed by atoms with Crippen LogP contribution < -0.4 is 10.1 Å². The molecule has 0 radical (unpaired) electrons. The number of fused-ring (bicyclic) bond motifs is 2. The van der Waals surface area contributed by atoms with Gasteiger partial charge in [-0.05, 0) is 73.3 Å². The first-order valence-electron chi connectivity index (χ1n) is 11.1. The Morgan fingerprint density at radius 3 is 2.49 bits per heavy atom. The minimum absolute atomic E-state index is 0. The molecule has 3 aromatic carbocycles. The fourth-order valence-corrected chi connectivity index (χ4v) is 4.15. The summed E-state index contributed by atoms with van der Waals surface area (Å²) in [4.78, 5) is 14.7. The molecule has 5 rings (SSSR count). The Labute approximate surface area is 210 Å². The quantitative estimate of drug-likeness (QED) is 0.342. The number of aromatic amines is 1. The minimum atomic E-state index is -0.117. The summed E-state index contributed by atoms with van der Waals surface area (Å²) in [5, 5.41) is 11.5. The topological polar surface area (TPSA) is 70.2 Å². The van der Waals surface area contributed by atoms with E-state index in [1.165, 1.54) is 5.56 Å². The Balaban J connectivity index is 0.00000289. The second-order valence-corrected chi connectivity index (χ2v) is 8.65. The highest BCUT2D eigenvalue weighted by atomic mass is 35.5. The Hall–Kier alpha value is -3.87. The first-order valence-corrected chi connectivity index (χ1v) is 11.1. The number of carbonyl (C=O) groups is 1. The number of rotatable bonds is 6. The summed E-state index contributed by atoms with van der Waals surface area (Å²) in [6.07, 6.45) is 5.98. The van der Waals surface area contributed by atoms with E-state index in [4.69, 9.17) is 4.74 Å². The van der Waals surface area contributed by atoms with E-state index >= 15 is 0 Å². The van der Waals surface area contributed by atoms with Crippen LogP contribution in [-0.2, 0) is 11.3 Å². The lowest BCUT2D eigenvalue weighted by Gasteiger charge is -2.09. The molecule has 0 saturated heterocycles. The Bertz CT molecular complexity index is 1440. The predicted molar refractivity (Wildman–Crippen MR) is 146 cm³/mol. The van der Waals surface area contributed by atoms with Gasteiger partial charge in [0, 0.05) is 28.8 Å². The molecule has 0 fully saturated rings. The van der Waals surface area contributed by atoms with Crippen LogP contribution in [-0.4, -0.2) is 42.2 Å². The number of halogens is 1. The number of ether oxygens (including phenoxy) is 1. The highest BCUT2D eigenvalue weighted by Gasteiger charge is 2.24. The minimum Gasteiger partial charge on any atom is -0.497 e. The van der Waals surface area contributed by atoms with E-state index in [1.54, 1.807) is 7.11 Å². The van der Waals surface area contributed by atoms with Gasteiger partial charge in [0.2, 0.25) is 0 Å². The second-order valence-electron chi connectivity index (χ2n) is 8.65. The van der Waals surface area contributed by atoms with Gasteiger partial charge in [-0.2, -0.15) is 5.10 Å². The number of benzene rings is 3. The maximum Gasteiger partial charge on any atom is 0.256 e. The molecule has 4 aromatic rings. The molecule has 1 aromatic heterocycles. The van der Waals surface area contributed by atoms with Crippen molar-refractivity contribution < 1.29 is 9.53 Å². The summed E-state index contributed by atoms with van der Waals surface area (Å²) in [5.74, 6) is 0.599. The van der Waals surface area contributed by atoms with Crippen LogP contribution in [0.15, 0.2) is 60.7 Å². The molecule has 6 nitrogen and oxygen atoms in total. The van der Waals surface area contributed by atoms with E-state index in [1.807, 2.05) is 48.6 Å². The summed E-state index contributed by atoms with van der Waals surface area (Å²) in [6.45, 7) is 0.924. The van der Waals surface area contributed by atoms with Crippen molar-refractivity contribution in [3.63, 3.8) is 0 Å². The van der Waals surface area contributed by atoms with E-state index < -0.39 is 0 Å². The fourth-order valence-electron chi connectivity index (χ4n) is 4.15. The smallest absolute Gasteiger partial charge is 0.256 e. The van der Waals surface area contributed by atoms with Crippen LogP contribution in [0.5, 0.6) is 5.75 Å². The molecule has 0 saturated carbocycles. The van der Waals surface area contributed by atoms with Gasteiger partial charge in [0.1, 0.15) is 5.75 Å². The Morgan fingerprint density at radius 1 is 0.971 bits per heavy atom. The Morgan fingerprint density at radius 2 is 1.74 bits per heavy atom. The molecule has 0 spiro atoms. The number of hydrogen-bond acceptors (Lipinski definition) is 4. The number of methoxy groups -OCH3 is 1. The first-order chi connectivity index (χ1) is 16.5. The number of nitrogens with one attached hydrogen (secondary N) is 2. The van der Waals surface area contributed by atoms with Crippen molar-refractivity contribution in [2.24, 2.45) is 0 Å². The third-order valence-electron chi connectivity index (χ3n) is 5.85. The molecule has 2 heterocycles.